The van der Waals surface area contributed by atoms with Crippen LogP contribution in [0.3, 0.4) is 0 Å². The highest BCUT2D eigenvalue weighted by atomic mass is 32.2. The molecule has 0 bridgehead atoms. The number of carbonyl (C=O) groups is 1. The second-order valence-corrected chi connectivity index (χ2v) is 7.44. The summed E-state index contributed by atoms with van der Waals surface area (Å²) in [5, 5.41) is 2.79. The van der Waals surface area contributed by atoms with Crippen LogP contribution in [-0.2, 0) is 21.2 Å². The minimum absolute atomic E-state index is 0.176. The zero-order chi connectivity index (χ0) is 16.8. The van der Waals surface area contributed by atoms with Gasteiger partial charge in [0.15, 0.2) is 0 Å². The molecular formula is C15H25N3O3S. The Morgan fingerprint density at radius 1 is 1.18 bits per heavy atom. The van der Waals surface area contributed by atoms with Gasteiger partial charge >= 0.3 is 0 Å². The average Bonchev–Trinajstić information content (AvgIpc) is 2.42. The normalized spacial score (nSPS) is 11.9. The Morgan fingerprint density at radius 3 is 2.36 bits per heavy atom. The van der Waals surface area contributed by atoms with Crippen LogP contribution >= 0.6 is 0 Å². The fraction of sp³-hybridized carbons (Fsp3) is 0.533. The number of nitrogens with zero attached hydrogens (tertiary/aromatic N) is 2. The Labute approximate surface area is 133 Å². The van der Waals surface area contributed by atoms with Crippen LogP contribution < -0.4 is 5.32 Å². The van der Waals surface area contributed by atoms with E-state index >= 15 is 0 Å². The van der Waals surface area contributed by atoms with E-state index in [1.54, 1.807) is 0 Å². The summed E-state index contributed by atoms with van der Waals surface area (Å²) in [6.45, 7) is 2.68. The molecule has 0 aromatic heterocycles. The van der Waals surface area contributed by atoms with Crippen molar-refractivity contribution in [1.82, 2.24) is 9.21 Å². The summed E-state index contributed by atoms with van der Waals surface area (Å²) in [5.74, 6) is -0.329. The number of rotatable bonds is 8. The molecule has 0 aliphatic rings. The van der Waals surface area contributed by atoms with Crippen molar-refractivity contribution in [3.05, 3.63) is 29.8 Å². The van der Waals surface area contributed by atoms with Gasteiger partial charge in [0.05, 0.1) is 12.8 Å². The molecule has 0 heterocycles. The molecule has 1 aromatic carbocycles. The maximum Gasteiger partial charge on any atom is 0.239 e. The Kier molecular flexibility index (Phi) is 6.99. The maximum atomic E-state index is 12.2. The minimum Gasteiger partial charge on any atom is -0.325 e. The van der Waals surface area contributed by atoms with E-state index in [2.05, 4.69) is 5.32 Å². The third-order valence-electron chi connectivity index (χ3n) is 3.26. The lowest BCUT2D eigenvalue weighted by molar-refractivity contribution is -0.116. The zero-order valence-corrected chi connectivity index (χ0v) is 14.5. The number of sulfonamides is 1. The van der Waals surface area contributed by atoms with Gasteiger partial charge < -0.3 is 10.2 Å². The standard InChI is InChI=1S/C15H25N3O3S/c1-5-13-8-6-7-9-14(13)16-15(19)12-18(22(4,20)21)11-10-17(2)3/h6-9H,5,10-12H2,1-4H3,(H,16,19). The topological polar surface area (TPSA) is 69.7 Å². The molecule has 0 atom stereocenters. The molecule has 0 fully saturated rings. The van der Waals surface area contributed by atoms with Crippen LogP contribution in [0.2, 0.25) is 0 Å². The van der Waals surface area contributed by atoms with Crippen LogP contribution in [0.15, 0.2) is 24.3 Å². The molecule has 1 N–H and O–H groups in total. The van der Waals surface area contributed by atoms with Gasteiger partial charge in [0.2, 0.25) is 15.9 Å². The Morgan fingerprint density at radius 2 is 1.82 bits per heavy atom. The average molecular weight is 327 g/mol. The van der Waals surface area contributed by atoms with Gasteiger partial charge in [-0.1, -0.05) is 25.1 Å². The van der Waals surface area contributed by atoms with Gasteiger partial charge in [-0.3, -0.25) is 4.79 Å². The number of anilines is 1. The van der Waals surface area contributed by atoms with E-state index in [4.69, 9.17) is 0 Å². The van der Waals surface area contributed by atoms with Crippen molar-refractivity contribution >= 4 is 21.6 Å². The summed E-state index contributed by atoms with van der Waals surface area (Å²) in [6, 6.07) is 7.51. The first-order valence-electron chi connectivity index (χ1n) is 7.21. The summed E-state index contributed by atoms with van der Waals surface area (Å²) < 4.78 is 24.8. The van der Waals surface area contributed by atoms with Gasteiger partial charge in [0.1, 0.15) is 0 Å². The lowest BCUT2D eigenvalue weighted by atomic mass is 10.1. The molecule has 0 aliphatic heterocycles. The number of amides is 1. The SMILES string of the molecule is CCc1ccccc1NC(=O)CN(CCN(C)C)S(C)(=O)=O. The van der Waals surface area contributed by atoms with Gasteiger partial charge in [-0.2, -0.15) is 4.31 Å². The largest absolute Gasteiger partial charge is 0.325 e. The highest BCUT2D eigenvalue weighted by Crippen LogP contribution is 2.15. The number of aryl methyl sites for hydroxylation is 1. The first-order valence-corrected chi connectivity index (χ1v) is 9.06. The molecule has 1 amide bonds. The van der Waals surface area contributed by atoms with Crippen LogP contribution in [-0.4, -0.2) is 63.5 Å². The number of likely N-dealkylation sites (N-methyl/N-ethyl adjacent to an activating group) is 1. The van der Waals surface area contributed by atoms with E-state index in [1.807, 2.05) is 50.2 Å². The third-order valence-corrected chi connectivity index (χ3v) is 4.51. The van der Waals surface area contributed by atoms with Crippen molar-refractivity contribution in [1.29, 1.82) is 0 Å². The van der Waals surface area contributed by atoms with Gasteiger partial charge in [0, 0.05) is 18.8 Å². The zero-order valence-electron chi connectivity index (χ0n) is 13.7. The maximum absolute atomic E-state index is 12.2. The van der Waals surface area contributed by atoms with Crippen molar-refractivity contribution in [3.63, 3.8) is 0 Å². The fourth-order valence-corrected chi connectivity index (χ4v) is 2.74. The van der Waals surface area contributed by atoms with Crippen molar-refractivity contribution in [2.24, 2.45) is 0 Å². The predicted octanol–water partition coefficient (Wildman–Crippen LogP) is 1.01. The van der Waals surface area contributed by atoms with E-state index < -0.39 is 10.0 Å². The van der Waals surface area contributed by atoms with Crippen LogP contribution in [0.25, 0.3) is 0 Å². The van der Waals surface area contributed by atoms with E-state index in [1.165, 1.54) is 4.31 Å². The molecule has 0 aliphatic carbocycles. The summed E-state index contributed by atoms with van der Waals surface area (Å²) >= 11 is 0. The Hall–Kier alpha value is -1.44. The molecule has 6 nitrogen and oxygen atoms in total. The third kappa shape index (κ3) is 6.13. The van der Waals surface area contributed by atoms with Gasteiger partial charge in [-0.05, 0) is 32.1 Å². The van der Waals surface area contributed by atoms with E-state index in [0.717, 1.165) is 23.9 Å². The molecule has 22 heavy (non-hydrogen) atoms. The van der Waals surface area contributed by atoms with Crippen molar-refractivity contribution in [2.75, 3.05) is 45.3 Å². The summed E-state index contributed by atoms with van der Waals surface area (Å²) in [4.78, 5) is 14.0. The molecule has 124 valence electrons. The van der Waals surface area contributed by atoms with Crippen molar-refractivity contribution in [3.8, 4) is 0 Å². The first-order chi connectivity index (χ1) is 10.2. The minimum atomic E-state index is -3.42. The summed E-state index contributed by atoms with van der Waals surface area (Å²) in [6.07, 6.45) is 1.92. The van der Waals surface area contributed by atoms with E-state index in [9.17, 15) is 13.2 Å². The van der Waals surface area contributed by atoms with Crippen LogP contribution in [0.1, 0.15) is 12.5 Å². The van der Waals surface area contributed by atoms with E-state index in [0.29, 0.717) is 6.54 Å². The summed E-state index contributed by atoms with van der Waals surface area (Å²) in [5.41, 5.74) is 1.76. The predicted molar refractivity (Wildman–Crippen MR) is 89.4 cm³/mol. The lowest BCUT2D eigenvalue weighted by Gasteiger charge is -2.21. The molecule has 1 rings (SSSR count). The smallest absolute Gasteiger partial charge is 0.239 e. The second-order valence-electron chi connectivity index (χ2n) is 5.46. The van der Waals surface area contributed by atoms with Crippen LogP contribution in [0.4, 0.5) is 5.69 Å². The number of hydrogen-bond donors (Lipinski definition) is 1. The number of hydrogen-bond acceptors (Lipinski definition) is 4. The van der Waals surface area contributed by atoms with Gasteiger partial charge in [0.25, 0.3) is 0 Å². The van der Waals surface area contributed by atoms with Crippen molar-refractivity contribution in [2.45, 2.75) is 13.3 Å². The Balaban J connectivity index is 2.75. The molecule has 0 spiro atoms. The summed E-state index contributed by atoms with van der Waals surface area (Å²) in [7, 11) is 0.301. The quantitative estimate of drug-likeness (QED) is 0.774. The highest BCUT2D eigenvalue weighted by Gasteiger charge is 2.20. The fourth-order valence-electron chi connectivity index (χ4n) is 1.97. The number of nitrogens with one attached hydrogen (secondary N) is 1. The molecule has 1 aromatic rings. The second kappa shape index (κ2) is 8.26. The van der Waals surface area contributed by atoms with E-state index in [-0.39, 0.29) is 19.0 Å². The van der Waals surface area contributed by atoms with Gasteiger partial charge in [-0.15, -0.1) is 0 Å². The molecule has 0 saturated heterocycles. The van der Waals surface area contributed by atoms with Gasteiger partial charge in [-0.25, -0.2) is 8.42 Å². The lowest BCUT2D eigenvalue weighted by Crippen LogP contribution is -2.41. The molecular weight excluding hydrogens is 302 g/mol. The molecule has 0 unspecified atom stereocenters. The van der Waals surface area contributed by atoms with Crippen molar-refractivity contribution < 1.29 is 13.2 Å². The highest BCUT2D eigenvalue weighted by molar-refractivity contribution is 7.88. The molecule has 0 radical (unpaired) electrons. The number of para-hydroxylation sites is 1. The van der Waals surface area contributed by atoms with Crippen LogP contribution in [0.5, 0.6) is 0 Å². The van der Waals surface area contributed by atoms with Crippen LogP contribution in [0, 0.1) is 0 Å². The first kappa shape index (κ1) is 18.6. The number of benzene rings is 1. The molecule has 7 heteroatoms. The molecule has 0 saturated carbocycles. The number of carbonyl (C=O) groups excluding carboxylic acids is 1. The Bertz CT molecular complexity index is 600. The monoisotopic (exact) mass is 327 g/mol.